The van der Waals surface area contributed by atoms with Gasteiger partial charge in [0, 0.05) is 17.1 Å². The van der Waals surface area contributed by atoms with Crippen LogP contribution in [0.5, 0.6) is 0 Å². The van der Waals surface area contributed by atoms with Crippen LogP contribution >= 0.6 is 0 Å². The van der Waals surface area contributed by atoms with E-state index >= 15 is 0 Å². The quantitative estimate of drug-likeness (QED) is 0.441. The molecule has 21 heavy (non-hydrogen) atoms. The topological polar surface area (TPSA) is 0 Å². The first-order chi connectivity index (χ1) is 9.21. The van der Waals surface area contributed by atoms with E-state index in [4.69, 9.17) is 0 Å². The van der Waals surface area contributed by atoms with Crippen LogP contribution in [-0.2, 0) is 29.4 Å². The first kappa shape index (κ1) is 19.5. The van der Waals surface area contributed by atoms with Crippen LogP contribution in [0.4, 0.5) is 26.3 Å². The summed E-state index contributed by atoms with van der Waals surface area (Å²) in [6.45, 7) is 0. The molecule has 0 amide bonds. The SMILES string of the molecule is FC(F)(F)c1ccccc1.FC(F)(F)c1ccccc1.[Fe]. The zero-order valence-electron chi connectivity index (χ0n) is 10.4. The largest absolute Gasteiger partial charge is 0.416 e. The molecule has 0 spiro atoms. The summed E-state index contributed by atoms with van der Waals surface area (Å²) in [5, 5.41) is 0. The first-order valence-corrected chi connectivity index (χ1v) is 5.46. The standard InChI is InChI=1S/2C7H5F3.Fe/c2*8-7(9,10)6-4-2-1-3-5-6;/h2*1-5H;. The summed E-state index contributed by atoms with van der Waals surface area (Å²) in [6.07, 6.45) is -8.41. The van der Waals surface area contributed by atoms with Crippen molar-refractivity contribution < 1.29 is 43.4 Å². The number of hydrogen-bond donors (Lipinski definition) is 0. The molecule has 0 aliphatic rings. The summed E-state index contributed by atoms with van der Waals surface area (Å²) in [7, 11) is 0. The van der Waals surface area contributed by atoms with Crippen molar-refractivity contribution in [1.29, 1.82) is 0 Å². The van der Waals surface area contributed by atoms with Gasteiger partial charge in [0.15, 0.2) is 0 Å². The summed E-state index contributed by atoms with van der Waals surface area (Å²) in [5.74, 6) is 0. The van der Waals surface area contributed by atoms with Gasteiger partial charge in [0.2, 0.25) is 0 Å². The maximum Gasteiger partial charge on any atom is 0.416 e. The molecule has 0 fully saturated rings. The van der Waals surface area contributed by atoms with E-state index < -0.39 is 23.5 Å². The second kappa shape index (κ2) is 8.10. The average molecular weight is 348 g/mol. The number of benzene rings is 2. The van der Waals surface area contributed by atoms with E-state index in [2.05, 4.69) is 0 Å². The molecule has 7 heteroatoms. The molecule has 2 rings (SSSR count). The molecule has 2 aromatic carbocycles. The Morgan fingerprint density at radius 2 is 0.714 bits per heavy atom. The van der Waals surface area contributed by atoms with Crippen LogP contribution in [0.2, 0.25) is 0 Å². The molecule has 0 aliphatic carbocycles. The number of rotatable bonds is 0. The molecule has 0 saturated carbocycles. The minimum Gasteiger partial charge on any atom is -0.166 e. The zero-order chi connectivity index (χ0) is 15.2. The van der Waals surface area contributed by atoms with Crippen LogP contribution in [0.25, 0.3) is 0 Å². The second-order valence-electron chi connectivity index (χ2n) is 3.73. The third-order valence-corrected chi connectivity index (χ3v) is 2.20. The monoisotopic (exact) mass is 348 g/mol. The smallest absolute Gasteiger partial charge is 0.166 e. The molecule has 0 atom stereocenters. The summed E-state index contributed by atoms with van der Waals surface area (Å²) in [5.41, 5.74) is -1.20. The molecule has 0 aromatic heterocycles. The van der Waals surface area contributed by atoms with Crippen LogP contribution in [0.3, 0.4) is 0 Å². The molecule has 0 aliphatic heterocycles. The minimum absolute atomic E-state index is 0. The molecule has 2 aromatic rings. The van der Waals surface area contributed by atoms with Crippen molar-refractivity contribution in [2.75, 3.05) is 0 Å². The maximum atomic E-state index is 11.8. The van der Waals surface area contributed by atoms with Gasteiger partial charge in [0.05, 0.1) is 11.1 Å². The van der Waals surface area contributed by atoms with Gasteiger partial charge in [-0.15, -0.1) is 0 Å². The van der Waals surface area contributed by atoms with Crippen LogP contribution in [0.15, 0.2) is 60.7 Å². The molecular weight excluding hydrogens is 338 g/mol. The Bertz CT molecular complexity index is 455. The Labute approximate surface area is 128 Å². The van der Waals surface area contributed by atoms with Gasteiger partial charge in [0.1, 0.15) is 0 Å². The van der Waals surface area contributed by atoms with Crippen LogP contribution in [0.1, 0.15) is 11.1 Å². The summed E-state index contributed by atoms with van der Waals surface area (Å²) in [4.78, 5) is 0. The molecule has 0 heterocycles. The molecule has 116 valence electrons. The van der Waals surface area contributed by atoms with Gasteiger partial charge in [-0.25, -0.2) is 0 Å². The van der Waals surface area contributed by atoms with E-state index in [1.54, 1.807) is 12.1 Å². The normalized spacial score (nSPS) is 11.0. The van der Waals surface area contributed by atoms with Crippen molar-refractivity contribution in [2.24, 2.45) is 0 Å². The van der Waals surface area contributed by atoms with Crippen molar-refractivity contribution in [2.45, 2.75) is 12.4 Å². The predicted octanol–water partition coefficient (Wildman–Crippen LogP) is 5.41. The summed E-state index contributed by atoms with van der Waals surface area (Å²) >= 11 is 0. The van der Waals surface area contributed by atoms with E-state index in [1.165, 1.54) is 24.3 Å². The zero-order valence-corrected chi connectivity index (χ0v) is 11.5. The molecular formula is C14H10F6Fe. The van der Waals surface area contributed by atoms with Gasteiger partial charge in [0.25, 0.3) is 0 Å². The van der Waals surface area contributed by atoms with Crippen molar-refractivity contribution in [3.8, 4) is 0 Å². The minimum atomic E-state index is -4.21. The van der Waals surface area contributed by atoms with Gasteiger partial charge in [-0.3, -0.25) is 0 Å². The number of halogens is 6. The second-order valence-corrected chi connectivity index (χ2v) is 3.73. The van der Waals surface area contributed by atoms with E-state index in [-0.39, 0.29) is 17.1 Å². The first-order valence-electron chi connectivity index (χ1n) is 5.46. The fourth-order valence-electron chi connectivity index (χ4n) is 1.25. The Kier molecular flexibility index (Phi) is 7.53. The van der Waals surface area contributed by atoms with Crippen molar-refractivity contribution in [1.82, 2.24) is 0 Å². The summed E-state index contributed by atoms with van der Waals surface area (Å²) in [6, 6.07) is 12.7. The maximum absolute atomic E-state index is 11.8. The molecule has 0 radical (unpaired) electrons. The number of hydrogen-bond acceptors (Lipinski definition) is 0. The molecule has 0 bridgehead atoms. The van der Waals surface area contributed by atoms with Crippen LogP contribution < -0.4 is 0 Å². The molecule has 0 N–H and O–H groups in total. The Hall–Kier alpha value is -1.46. The fraction of sp³-hybridized carbons (Fsp3) is 0.143. The van der Waals surface area contributed by atoms with Gasteiger partial charge >= 0.3 is 12.4 Å². The Morgan fingerprint density at radius 1 is 0.476 bits per heavy atom. The van der Waals surface area contributed by atoms with Crippen LogP contribution in [-0.4, -0.2) is 0 Å². The van der Waals surface area contributed by atoms with Gasteiger partial charge in [-0.1, -0.05) is 60.7 Å². The van der Waals surface area contributed by atoms with Gasteiger partial charge in [-0.05, 0) is 0 Å². The Balaban J connectivity index is 0.000000364. The third kappa shape index (κ3) is 7.20. The predicted molar refractivity (Wildman–Crippen MR) is 62.9 cm³/mol. The van der Waals surface area contributed by atoms with Gasteiger partial charge in [-0.2, -0.15) is 26.3 Å². The van der Waals surface area contributed by atoms with E-state index in [9.17, 15) is 26.3 Å². The average Bonchev–Trinajstić information content (AvgIpc) is 2.40. The molecule has 0 saturated heterocycles. The van der Waals surface area contributed by atoms with E-state index in [0.29, 0.717) is 0 Å². The Morgan fingerprint density at radius 3 is 0.857 bits per heavy atom. The summed E-state index contributed by atoms with van der Waals surface area (Å²) < 4.78 is 70.7. The van der Waals surface area contributed by atoms with Crippen molar-refractivity contribution >= 4 is 0 Å². The van der Waals surface area contributed by atoms with Gasteiger partial charge < -0.3 is 0 Å². The van der Waals surface area contributed by atoms with E-state index in [0.717, 1.165) is 24.3 Å². The molecule has 0 nitrogen and oxygen atoms in total. The fourth-order valence-corrected chi connectivity index (χ4v) is 1.25. The molecule has 0 unspecified atom stereocenters. The third-order valence-electron chi connectivity index (χ3n) is 2.20. The van der Waals surface area contributed by atoms with Crippen LogP contribution in [0, 0.1) is 0 Å². The van der Waals surface area contributed by atoms with Crippen molar-refractivity contribution in [3.05, 3.63) is 71.8 Å². The number of alkyl halides is 6. The van der Waals surface area contributed by atoms with Crippen molar-refractivity contribution in [3.63, 3.8) is 0 Å². The van der Waals surface area contributed by atoms with E-state index in [1.807, 2.05) is 0 Å².